The molecule has 5 atom stereocenters. The number of unbranched alkanes of at least 4 members (excludes halogenated alkanes) is 2. The standard InChI is InChI=1S/C17H32O.4Y/c1-4-5-6-8-13(2)14-10-11-15-16(18)9-7-12-17(14,15)3;;;;/h13-16,18H,4-12H2,1-3H3;;;;/t13-,14?,15+,16+,17-;;;;/m1..../s1. The largest absolute Gasteiger partial charge is 0.393 e. The Morgan fingerprint density at radius 3 is 2.27 bits per heavy atom. The van der Waals surface area contributed by atoms with Crippen LogP contribution in [0.25, 0.3) is 0 Å². The average molecular weight is 608 g/mol. The van der Waals surface area contributed by atoms with E-state index in [-0.39, 0.29) is 137 Å². The maximum absolute atomic E-state index is 10.3. The Bertz CT molecular complexity index is 277. The van der Waals surface area contributed by atoms with Crippen LogP contribution in [0.1, 0.15) is 78.6 Å². The van der Waals surface area contributed by atoms with Gasteiger partial charge in [-0.2, -0.15) is 0 Å². The van der Waals surface area contributed by atoms with Crippen molar-refractivity contribution in [3.05, 3.63) is 0 Å². The van der Waals surface area contributed by atoms with Crippen molar-refractivity contribution >= 4 is 0 Å². The third-order valence-electron chi connectivity index (χ3n) is 6.11. The molecule has 0 heterocycles. The number of aliphatic hydroxyl groups excluding tert-OH is 1. The van der Waals surface area contributed by atoms with E-state index in [1.54, 1.807) is 0 Å². The van der Waals surface area contributed by atoms with Crippen LogP contribution in [-0.4, -0.2) is 11.2 Å². The number of fused-ring (bicyclic) bond motifs is 1. The first-order valence-electron chi connectivity index (χ1n) is 8.27. The molecule has 2 rings (SSSR count). The molecule has 1 unspecified atom stereocenters. The molecular formula is C17H32OY4. The molecule has 0 aromatic carbocycles. The predicted molar refractivity (Wildman–Crippen MR) is 77.5 cm³/mol. The van der Waals surface area contributed by atoms with Gasteiger partial charge in [-0.05, 0) is 48.9 Å². The molecular weight excluding hydrogens is 576 g/mol. The first-order chi connectivity index (χ1) is 8.59. The second-order valence-corrected chi connectivity index (χ2v) is 7.23. The third-order valence-corrected chi connectivity index (χ3v) is 6.11. The Balaban J connectivity index is -0.000000902. The van der Waals surface area contributed by atoms with Crippen LogP contribution < -0.4 is 0 Å². The van der Waals surface area contributed by atoms with Crippen LogP contribution in [0.4, 0.5) is 0 Å². The van der Waals surface area contributed by atoms with E-state index in [2.05, 4.69) is 20.8 Å². The molecule has 1 nitrogen and oxygen atoms in total. The summed E-state index contributed by atoms with van der Waals surface area (Å²) >= 11 is 0. The molecule has 0 spiro atoms. The van der Waals surface area contributed by atoms with Crippen LogP contribution in [0.2, 0.25) is 0 Å². The normalized spacial score (nSPS) is 34.1. The van der Waals surface area contributed by atoms with Crippen LogP contribution in [0, 0.1) is 23.2 Å². The fraction of sp³-hybridized carbons (Fsp3) is 1.00. The molecule has 0 saturated heterocycles. The first kappa shape index (κ1) is 31.1. The van der Waals surface area contributed by atoms with Gasteiger partial charge in [-0.3, -0.25) is 0 Å². The quantitative estimate of drug-likeness (QED) is 0.447. The molecule has 22 heavy (non-hydrogen) atoms. The molecule has 2 aliphatic rings. The summed E-state index contributed by atoms with van der Waals surface area (Å²) in [4.78, 5) is 0. The smallest absolute Gasteiger partial charge is 0.0573 e. The van der Waals surface area contributed by atoms with Gasteiger partial charge in [0.1, 0.15) is 0 Å². The Labute approximate surface area is 239 Å². The van der Waals surface area contributed by atoms with Crippen molar-refractivity contribution in [3.63, 3.8) is 0 Å². The van der Waals surface area contributed by atoms with Crippen molar-refractivity contribution in [1.29, 1.82) is 0 Å². The van der Waals surface area contributed by atoms with E-state index in [9.17, 15) is 5.11 Å². The Morgan fingerprint density at radius 2 is 1.68 bits per heavy atom. The summed E-state index contributed by atoms with van der Waals surface area (Å²) in [5.41, 5.74) is 0.448. The average Bonchev–Trinajstić information content (AvgIpc) is 2.68. The van der Waals surface area contributed by atoms with Gasteiger partial charge in [0.25, 0.3) is 0 Å². The fourth-order valence-electron chi connectivity index (χ4n) is 5.04. The minimum atomic E-state index is -0.00316. The van der Waals surface area contributed by atoms with Crippen LogP contribution in [0.5, 0.6) is 0 Å². The van der Waals surface area contributed by atoms with Gasteiger partial charge in [0.2, 0.25) is 0 Å². The van der Waals surface area contributed by atoms with Gasteiger partial charge in [0.15, 0.2) is 0 Å². The van der Waals surface area contributed by atoms with Gasteiger partial charge in [-0.25, -0.2) is 0 Å². The molecule has 118 valence electrons. The van der Waals surface area contributed by atoms with Crippen molar-refractivity contribution in [2.24, 2.45) is 23.2 Å². The van der Waals surface area contributed by atoms with Gasteiger partial charge >= 0.3 is 0 Å². The van der Waals surface area contributed by atoms with E-state index in [0.29, 0.717) is 11.3 Å². The van der Waals surface area contributed by atoms with E-state index in [1.165, 1.54) is 51.4 Å². The van der Waals surface area contributed by atoms with Gasteiger partial charge in [0, 0.05) is 131 Å². The molecule has 1 N–H and O–H groups in total. The van der Waals surface area contributed by atoms with Crippen LogP contribution >= 0.6 is 0 Å². The Hall–Kier alpha value is 4.38. The molecule has 0 aromatic rings. The predicted octanol–water partition coefficient (Wildman–Crippen LogP) is 4.77. The van der Waals surface area contributed by atoms with Crippen molar-refractivity contribution < 1.29 is 136 Å². The summed E-state index contributed by atoms with van der Waals surface area (Å²) in [7, 11) is 0. The van der Waals surface area contributed by atoms with Crippen molar-refractivity contribution in [2.75, 3.05) is 0 Å². The topological polar surface area (TPSA) is 20.2 Å². The number of hydrogen-bond acceptors (Lipinski definition) is 1. The van der Waals surface area contributed by atoms with E-state index in [4.69, 9.17) is 0 Å². The zero-order valence-corrected chi connectivity index (χ0v) is 26.3. The second-order valence-electron chi connectivity index (χ2n) is 7.23. The molecule has 2 aliphatic carbocycles. The first-order valence-corrected chi connectivity index (χ1v) is 8.27. The van der Waals surface area contributed by atoms with Crippen molar-refractivity contribution in [1.82, 2.24) is 0 Å². The van der Waals surface area contributed by atoms with E-state index < -0.39 is 0 Å². The van der Waals surface area contributed by atoms with Crippen molar-refractivity contribution in [3.8, 4) is 0 Å². The van der Waals surface area contributed by atoms with E-state index in [1.807, 2.05) is 0 Å². The van der Waals surface area contributed by atoms with Crippen LogP contribution in [0.15, 0.2) is 0 Å². The monoisotopic (exact) mass is 608 g/mol. The summed E-state index contributed by atoms with van der Waals surface area (Å²) in [6.45, 7) is 7.23. The van der Waals surface area contributed by atoms with E-state index >= 15 is 0 Å². The maximum atomic E-state index is 10.3. The second kappa shape index (κ2) is 15.3. The minimum absolute atomic E-state index is 0. The van der Waals surface area contributed by atoms with Gasteiger partial charge in [0.05, 0.1) is 6.10 Å². The SMILES string of the molecule is CCCCC[C@@H](C)C1CC[C@H]2[C@@H](O)CCC[C@]12C.[Y].[Y].[Y].[Y]. The Kier molecular flexibility index (Phi) is 21.6. The number of rotatable bonds is 5. The van der Waals surface area contributed by atoms with Gasteiger partial charge < -0.3 is 5.11 Å². The molecule has 2 saturated carbocycles. The molecule has 4 radical (unpaired) electrons. The molecule has 5 heteroatoms. The zero-order valence-electron chi connectivity index (χ0n) is 14.9. The molecule has 0 amide bonds. The maximum Gasteiger partial charge on any atom is 0.0573 e. The summed E-state index contributed by atoms with van der Waals surface area (Å²) in [5.74, 6) is 2.33. The molecule has 0 aromatic heterocycles. The summed E-state index contributed by atoms with van der Waals surface area (Å²) in [6.07, 6.45) is 11.8. The van der Waals surface area contributed by atoms with Crippen LogP contribution in [-0.2, 0) is 131 Å². The fourth-order valence-corrected chi connectivity index (χ4v) is 5.04. The van der Waals surface area contributed by atoms with Gasteiger partial charge in [-0.15, -0.1) is 0 Å². The van der Waals surface area contributed by atoms with Crippen LogP contribution in [0.3, 0.4) is 0 Å². The molecule has 0 aliphatic heterocycles. The zero-order chi connectivity index (χ0) is 13.2. The Morgan fingerprint density at radius 1 is 1.05 bits per heavy atom. The summed E-state index contributed by atoms with van der Waals surface area (Å²) in [6, 6.07) is 0. The third kappa shape index (κ3) is 7.78. The van der Waals surface area contributed by atoms with Crippen molar-refractivity contribution in [2.45, 2.75) is 84.7 Å². The number of aliphatic hydroxyl groups is 1. The number of hydrogen-bond donors (Lipinski definition) is 1. The molecule has 0 bridgehead atoms. The summed E-state index contributed by atoms with van der Waals surface area (Å²) in [5, 5.41) is 10.3. The summed E-state index contributed by atoms with van der Waals surface area (Å²) < 4.78 is 0. The van der Waals surface area contributed by atoms with E-state index in [0.717, 1.165) is 18.3 Å². The van der Waals surface area contributed by atoms with Gasteiger partial charge in [-0.1, -0.05) is 52.9 Å². The molecule has 2 fully saturated rings. The minimum Gasteiger partial charge on any atom is -0.393 e.